The zero-order valence-corrected chi connectivity index (χ0v) is 40.9. The number of aliphatic carboxylic acids is 1. The van der Waals surface area contributed by atoms with Crippen molar-refractivity contribution in [3.05, 3.63) is 24.3 Å². The maximum atomic E-state index is 12.6. The third kappa shape index (κ3) is 43.5. The molecule has 0 bridgehead atoms. The maximum absolute atomic E-state index is 12.6. The van der Waals surface area contributed by atoms with Gasteiger partial charge in [-0.05, 0) is 64.2 Å². The van der Waals surface area contributed by atoms with E-state index in [4.69, 9.17) is 19.7 Å². The molecule has 0 heterocycles. The van der Waals surface area contributed by atoms with Crippen molar-refractivity contribution in [3.63, 3.8) is 0 Å². The first-order chi connectivity index (χ1) is 26.1. The Morgan fingerprint density at radius 2 is 0.911 bits per heavy atom. The van der Waals surface area contributed by atoms with Gasteiger partial charge in [0, 0.05) is 12.8 Å². The Balaban J connectivity index is -0.0000140. The van der Waals surface area contributed by atoms with E-state index in [9.17, 15) is 28.9 Å². The summed E-state index contributed by atoms with van der Waals surface area (Å²) in [5.74, 6) is -2.72. The van der Waals surface area contributed by atoms with Crippen LogP contribution in [0.3, 0.4) is 0 Å². The summed E-state index contributed by atoms with van der Waals surface area (Å²) in [7, 11) is -4.99. The van der Waals surface area contributed by atoms with Crippen LogP contribution in [0, 0.1) is 0 Å². The average molecular weight is 832 g/mol. The number of phosphoric ester groups is 1. The van der Waals surface area contributed by atoms with Crippen LogP contribution in [0.1, 0.15) is 194 Å². The van der Waals surface area contributed by atoms with Crippen LogP contribution in [0.5, 0.6) is 0 Å². The molecule has 316 valence electrons. The molecule has 3 atom stereocenters. The van der Waals surface area contributed by atoms with Crippen molar-refractivity contribution in [1.29, 1.82) is 0 Å². The van der Waals surface area contributed by atoms with Crippen LogP contribution in [0.15, 0.2) is 24.3 Å². The summed E-state index contributed by atoms with van der Waals surface area (Å²) in [6, 6.07) is -1.67. The molecule has 0 amide bonds. The Bertz CT molecular complexity index is 1030. The number of esters is 2. The molecule has 0 aliphatic rings. The molecule has 0 aromatic rings. The first-order valence-corrected chi connectivity index (χ1v) is 22.8. The van der Waals surface area contributed by atoms with E-state index < -0.39 is 51.1 Å². The number of allylic oxidation sites excluding steroid dienone is 4. The fraction of sp³-hybridized carbons (Fsp3) is 0.833. The van der Waals surface area contributed by atoms with Gasteiger partial charge in [-0.15, -0.1) is 0 Å². The molecule has 2 N–H and O–H groups in total. The van der Waals surface area contributed by atoms with Crippen molar-refractivity contribution in [2.24, 2.45) is 5.73 Å². The fourth-order valence-corrected chi connectivity index (χ4v) is 6.52. The largest absolute Gasteiger partial charge is 1.00 e. The molecule has 1 unspecified atom stereocenters. The van der Waals surface area contributed by atoms with Gasteiger partial charge in [-0.2, -0.15) is 0 Å². The van der Waals surface area contributed by atoms with Crippen LogP contribution in [0.2, 0.25) is 0 Å². The Hall–Kier alpha value is -0.0400. The number of hydrogen-bond acceptors (Lipinski definition) is 11. The van der Waals surface area contributed by atoms with Crippen molar-refractivity contribution in [2.45, 2.75) is 206 Å². The zero-order valence-electron chi connectivity index (χ0n) is 36.0. The summed E-state index contributed by atoms with van der Waals surface area (Å²) in [6.45, 7) is 2.53. The minimum Gasteiger partial charge on any atom is -0.756 e. The van der Waals surface area contributed by atoms with Crippen molar-refractivity contribution in [3.8, 4) is 0 Å². The number of nitrogens with two attached hydrogens (primary N) is 1. The van der Waals surface area contributed by atoms with Gasteiger partial charge in [0.05, 0.1) is 25.2 Å². The van der Waals surface area contributed by atoms with Gasteiger partial charge in [0.25, 0.3) is 7.82 Å². The molecule has 56 heavy (non-hydrogen) atoms. The van der Waals surface area contributed by atoms with Crippen LogP contribution in [0.4, 0.5) is 0 Å². The average Bonchev–Trinajstić information content (AvgIpc) is 3.14. The quantitative estimate of drug-likeness (QED) is 0.0316. The van der Waals surface area contributed by atoms with E-state index in [1.807, 2.05) is 0 Å². The standard InChI is InChI=1S/C42H78NO10P.2Na/c1-3-5-7-9-11-13-15-17-19-21-23-25-27-29-31-33-40(44)50-35-38(36-51-54(48,49)52-37-39(43)42(46)47)53-41(45)34-32-30-28-26-24-22-20-18-16-14-12-10-8-6-4-2;;/h17-20,38-39H,3-16,21-37,43H2,1-2H3,(H,46,47)(H,48,49);;/q;2*+1/p-2/b19-17-,20-18-;;/t38-,39+;;/m1../s1. The first kappa shape index (κ1) is 60.3. The van der Waals surface area contributed by atoms with Crippen LogP contribution < -0.4 is 74.8 Å². The van der Waals surface area contributed by atoms with Crippen molar-refractivity contribution < 1.29 is 107 Å². The molecule has 0 aromatic carbocycles. The van der Waals surface area contributed by atoms with Gasteiger partial charge in [0.15, 0.2) is 6.10 Å². The molecule has 0 saturated heterocycles. The number of ether oxygens (including phenoxy) is 2. The van der Waals surface area contributed by atoms with E-state index in [0.717, 1.165) is 77.0 Å². The second kappa shape index (κ2) is 44.5. The molecular weight excluding hydrogens is 755 g/mol. The Labute approximate surface area is 385 Å². The third-order valence-electron chi connectivity index (χ3n) is 9.15. The Morgan fingerprint density at radius 3 is 1.32 bits per heavy atom. The number of carbonyl (C=O) groups is 3. The van der Waals surface area contributed by atoms with Crippen LogP contribution >= 0.6 is 7.82 Å². The SMILES string of the molecule is CCCCCCCC/C=C\CCCCCCCC(=O)OC[C@H](COP(=O)([O-])OC[C@H](N)C(=O)[O-])OC(=O)CCCCCCC/C=C\CCCCCCCC.[Na+].[Na+]. The summed E-state index contributed by atoms with van der Waals surface area (Å²) in [5.41, 5.74) is 5.24. The minimum atomic E-state index is -4.99. The molecule has 14 heteroatoms. The number of carboxylic acids is 1. The van der Waals surface area contributed by atoms with E-state index in [1.54, 1.807) is 0 Å². The van der Waals surface area contributed by atoms with Gasteiger partial charge in [0.1, 0.15) is 6.61 Å². The summed E-state index contributed by atoms with van der Waals surface area (Å²) in [4.78, 5) is 47.9. The predicted octanol–water partition coefficient (Wildman–Crippen LogP) is 3.10. The second-order valence-corrected chi connectivity index (χ2v) is 15.8. The van der Waals surface area contributed by atoms with E-state index in [0.29, 0.717) is 12.8 Å². The molecular formula is C42H76NNa2O10P. The van der Waals surface area contributed by atoms with Gasteiger partial charge in [0.2, 0.25) is 0 Å². The van der Waals surface area contributed by atoms with Gasteiger partial charge < -0.3 is 39.0 Å². The van der Waals surface area contributed by atoms with Gasteiger partial charge in [-0.3, -0.25) is 14.2 Å². The number of carbonyl (C=O) groups excluding carboxylic acids is 3. The van der Waals surface area contributed by atoms with E-state index in [2.05, 4.69) is 42.7 Å². The molecule has 0 saturated carbocycles. The van der Waals surface area contributed by atoms with Crippen LogP contribution in [-0.2, 0) is 37.5 Å². The van der Waals surface area contributed by atoms with E-state index in [-0.39, 0.29) is 78.6 Å². The fourth-order valence-electron chi connectivity index (χ4n) is 5.75. The molecule has 0 rings (SSSR count). The molecule has 0 aliphatic heterocycles. The molecule has 0 aliphatic carbocycles. The number of phosphoric acid groups is 1. The zero-order chi connectivity index (χ0) is 40.0. The van der Waals surface area contributed by atoms with Crippen molar-refractivity contribution in [1.82, 2.24) is 0 Å². The summed E-state index contributed by atoms with van der Waals surface area (Å²) in [5, 5.41) is 10.8. The van der Waals surface area contributed by atoms with Gasteiger partial charge >= 0.3 is 71.1 Å². The second-order valence-electron chi connectivity index (χ2n) is 14.4. The smallest absolute Gasteiger partial charge is 0.756 e. The first-order valence-electron chi connectivity index (χ1n) is 21.3. The normalized spacial score (nSPS) is 13.5. The Morgan fingerprint density at radius 1 is 0.554 bits per heavy atom. The summed E-state index contributed by atoms with van der Waals surface area (Å²) >= 11 is 0. The molecule has 0 spiro atoms. The monoisotopic (exact) mass is 832 g/mol. The van der Waals surface area contributed by atoms with Crippen LogP contribution in [-0.4, -0.2) is 49.9 Å². The van der Waals surface area contributed by atoms with E-state index >= 15 is 0 Å². The predicted molar refractivity (Wildman–Crippen MR) is 212 cm³/mol. The number of carboxylic acid groups (broad SMARTS) is 1. The number of unbranched alkanes of at least 4 members (excludes halogenated alkanes) is 22. The third-order valence-corrected chi connectivity index (χ3v) is 10.1. The molecule has 11 nitrogen and oxygen atoms in total. The van der Waals surface area contributed by atoms with Crippen LogP contribution in [0.25, 0.3) is 0 Å². The molecule has 0 radical (unpaired) electrons. The van der Waals surface area contributed by atoms with Crippen molar-refractivity contribution in [2.75, 3.05) is 19.8 Å². The minimum absolute atomic E-state index is 0. The summed E-state index contributed by atoms with van der Waals surface area (Å²) in [6.07, 6.45) is 37.8. The summed E-state index contributed by atoms with van der Waals surface area (Å²) < 4.78 is 32.2. The van der Waals surface area contributed by atoms with Gasteiger partial charge in [-0.25, -0.2) is 0 Å². The Kier molecular flexibility index (Phi) is 47.9. The molecule has 0 fully saturated rings. The van der Waals surface area contributed by atoms with Crippen molar-refractivity contribution >= 4 is 25.7 Å². The topological polar surface area (TPSA) is 177 Å². The van der Waals surface area contributed by atoms with E-state index in [1.165, 1.54) is 77.0 Å². The number of rotatable bonds is 40. The molecule has 0 aromatic heterocycles. The number of hydrogen-bond donors (Lipinski definition) is 1. The van der Waals surface area contributed by atoms with Gasteiger partial charge in [-0.1, -0.05) is 141 Å². The maximum Gasteiger partial charge on any atom is 1.00 e.